The van der Waals surface area contributed by atoms with Gasteiger partial charge in [0, 0.05) is 41.5 Å². The molecule has 4 aromatic rings. The third-order valence-corrected chi connectivity index (χ3v) is 8.19. The van der Waals surface area contributed by atoms with Crippen LogP contribution in [0.5, 0.6) is 0 Å². The van der Waals surface area contributed by atoms with Crippen molar-refractivity contribution < 1.29 is 13.0 Å². The molecule has 0 saturated heterocycles. The number of hydrogen-bond acceptors (Lipinski definition) is 5. The number of nitrogens with zero attached hydrogens (tertiary/aromatic N) is 3. The van der Waals surface area contributed by atoms with Crippen molar-refractivity contribution >= 4 is 21.3 Å². The summed E-state index contributed by atoms with van der Waals surface area (Å²) in [6.45, 7) is 3.28. The predicted octanol–water partition coefficient (Wildman–Crippen LogP) is 6.15. The van der Waals surface area contributed by atoms with Gasteiger partial charge in [-0.1, -0.05) is 23.7 Å². The van der Waals surface area contributed by atoms with Crippen LogP contribution in [0.4, 0.5) is 8.78 Å². The second-order valence-corrected chi connectivity index (χ2v) is 11.8. The molecule has 0 unspecified atom stereocenters. The first kappa shape index (κ1) is 25.2. The molecule has 0 radical (unpaired) electrons. The molecule has 37 heavy (non-hydrogen) atoms. The van der Waals surface area contributed by atoms with Crippen molar-refractivity contribution in [1.29, 1.82) is 4.78 Å². The third kappa shape index (κ3) is 4.36. The van der Waals surface area contributed by atoms with E-state index in [1.807, 2.05) is 18.2 Å². The molecule has 0 spiro atoms. The lowest BCUT2D eigenvalue weighted by Gasteiger charge is -2.18. The van der Waals surface area contributed by atoms with Gasteiger partial charge in [0.2, 0.25) is 0 Å². The van der Waals surface area contributed by atoms with Crippen LogP contribution >= 0.6 is 11.6 Å². The summed E-state index contributed by atoms with van der Waals surface area (Å²) in [6, 6.07) is 11.4. The fraction of sp³-hybridized carbons (Fsp3) is 0.222. The third-order valence-electron chi connectivity index (χ3n) is 6.66. The van der Waals surface area contributed by atoms with Crippen LogP contribution in [0.15, 0.2) is 64.5 Å². The van der Waals surface area contributed by atoms with Gasteiger partial charge in [-0.2, -0.15) is 0 Å². The van der Waals surface area contributed by atoms with Crippen molar-refractivity contribution in [3.63, 3.8) is 0 Å². The Bertz CT molecular complexity index is 1720. The van der Waals surface area contributed by atoms with Gasteiger partial charge < -0.3 is 0 Å². The first-order valence-electron chi connectivity index (χ1n) is 11.5. The lowest BCUT2D eigenvalue weighted by Crippen LogP contribution is -2.24. The van der Waals surface area contributed by atoms with E-state index in [1.165, 1.54) is 29.0 Å². The van der Waals surface area contributed by atoms with Crippen molar-refractivity contribution in [2.75, 3.05) is 6.26 Å². The normalized spacial score (nSPS) is 18.4. The SMILES string of the molecule is Cc1cnc(-c2cccc([S@@](C)(=N)=O)c2F)c(F)c1-n1c(C)cc([C@H]2C[C@@H]2c2ccccn2)c(Cl)c1=O. The van der Waals surface area contributed by atoms with Gasteiger partial charge in [-0.25, -0.2) is 17.8 Å². The molecule has 190 valence electrons. The van der Waals surface area contributed by atoms with Gasteiger partial charge in [-0.3, -0.25) is 19.3 Å². The Kier molecular flexibility index (Phi) is 6.24. The van der Waals surface area contributed by atoms with Gasteiger partial charge in [-0.05, 0) is 67.6 Å². The second kappa shape index (κ2) is 9.15. The Balaban J connectivity index is 1.63. The van der Waals surface area contributed by atoms with Crippen molar-refractivity contribution in [1.82, 2.24) is 14.5 Å². The van der Waals surface area contributed by atoms with E-state index in [0.717, 1.165) is 18.4 Å². The zero-order valence-corrected chi connectivity index (χ0v) is 21.8. The Morgan fingerprint density at radius 3 is 2.51 bits per heavy atom. The first-order valence-corrected chi connectivity index (χ1v) is 13.9. The van der Waals surface area contributed by atoms with Gasteiger partial charge in [-0.15, -0.1) is 0 Å². The Labute approximate surface area is 218 Å². The summed E-state index contributed by atoms with van der Waals surface area (Å²) in [5, 5.41) is -0.000649. The van der Waals surface area contributed by atoms with Crippen LogP contribution in [0, 0.1) is 30.3 Å². The zero-order chi connectivity index (χ0) is 26.6. The van der Waals surface area contributed by atoms with Crippen molar-refractivity contribution in [2.24, 2.45) is 0 Å². The quantitative estimate of drug-likeness (QED) is 0.329. The van der Waals surface area contributed by atoms with E-state index in [1.54, 1.807) is 26.1 Å². The number of halogens is 3. The molecule has 0 aliphatic heterocycles. The lowest BCUT2D eigenvalue weighted by atomic mass is 10.1. The van der Waals surface area contributed by atoms with E-state index in [4.69, 9.17) is 16.4 Å². The van der Waals surface area contributed by atoms with E-state index < -0.39 is 26.9 Å². The summed E-state index contributed by atoms with van der Waals surface area (Å²) in [6.07, 6.45) is 4.96. The van der Waals surface area contributed by atoms with E-state index in [-0.39, 0.29) is 38.7 Å². The molecule has 1 aliphatic carbocycles. The number of hydrogen-bond donors (Lipinski definition) is 1. The van der Waals surface area contributed by atoms with E-state index in [0.29, 0.717) is 16.8 Å². The molecule has 6 nitrogen and oxygen atoms in total. The number of benzene rings is 1. The van der Waals surface area contributed by atoms with Gasteiger partial charge in [0.05, 0.1) is 20.3 Å². The van der Waals surface area contributed by atoms with Crippen molar-refractivity contribution in [3.05, 3.63) is 104 Å². The molecule has 0 bridgehead atoms. The van der Waals surface area contributed by atoms with Crippen molar-refractivity contribution in [3.8, 4) is 16.9 Å². The van der Waals surface area contributed by atoms with Gasteiger partial charge in [0.15, 0.2) is 5.82 Å². The molecule has 1 aromatic carbocycles. The highest BCUT2D eigenvalue weighted by Crippen LogP contribution is 2.55. The zero-order valence-electron chi connectivity index (χ0n) is 20.3. The molecule has 10 heteroatoms. The molecule has 0 amide bonds. The molecule has 3 atom stereocenters. The first-order chi connectivity index (χ1) is 17.5. The standard InChI is InChI=1S/C27H23ClF2N4O2S/c1-14-13-33-25(16-7-6-9-21(23(16)29)37(3,31)36)24(30)26(14)34-15(2)11-19(22(28)27(34)35)17-12-18(17)20-8-4-5-10-32-20/h4-11,13,17-18,31H,12H2,1-3H3/t17-,18-,37-/m0/s1. The monoisotopic (exact) mass is 540 g/mol. The van der Waals surface area contributed by atoms with Crippen LogP contribution in [0.25, 0.3) is 16.9 Å². The smallest absolute Gasteiger partial charge is 0.274 e. The Morgan fingerprint density at radius 2 is 1.84 bits per heavy atom. The fourth-order valence-corrected chi connectivity index (χ4v) is 5.83. The number of nitrogens with one attached hydrogen (secondary N) is 1. The summed E-state index contributed by atoms with van der Waals surface area (Å²) >= 11 is 6.56. The lowest BCUT2D eigenvalue weighted by molar-refractivity contribution is 0.586. The minimum absolute atomic E-state index is 0.000649. The molecule has 5 rings (SSSR count). The molecule has 1 fully saturated rings. The van der Waals surface area contributed by atoms with Crippen molar-refractivity contribution in [2.45, 2.75) is 37.0 Å². The summed E-state index contributed by atoms with van der Waals surface area (Å²) in [7, 11) is -3.40. The summed E-state index contributed by atoms with van der Waals surface area (Å²) in [4.78, 5) is 21.6. The highest BCUT2D eigenvalue weighted by molar-refractivity contribution is 7.91. The van der Waals surface area contributed by atoms with Crippen LogP contribution in [-0.2, 0) is 9.73 Å². The van der Waals surface area contributed by atoms with E-state index in [2.05, 4.69) is 9.97 Å². The second-order valence-electron chi connectivity index (χ2n) is 9.31. The van der Waals surface area contributed by atoms with E-state index >= 15 is 8.78 Å². The largest absolute Gasteiger partial charge is 0.277 e. The molecular formula is C27H23ClF2N4O2S. The Hall–Kier alpha value is -3.43. The number of pyridine rings is 3. The average molecular weight is 541 g/mol. The molecule has 1 N–H and O–H groups in total. The molecule has 1 saturated carbocycles. The molecule has 3 aromatic heterocycles. The number of rotatable bonds is 5. The molecular weight excluding hydrogens is 518 g/mol. The Morgan fingerprint density at radius 1 is 1.08 bits per heavy atom. The van der Waals surface area contributed by atoms with Crippen LogP contribution in [0.3, 0.4) is 0 Å². The van der Waals surface area contributed by atoms with Gasteiger partial charge >= 0.3 is 0 Å². The summed E-state index contributed by atoms with van der Waals surface area (Å²) < 4.78 is 52.4. The minimum Gasteiger partial charge on any atom is -0.277 e. The highest BCUT2D eigenvalue weighted by atomic mass is 35.5. The predicted molar refractivity (Wildman–Crippen MR) is 139 cm³/mol. The van der Waals surface area contributed by atoms with Gasteiger partial charge in [0.25, 0.3) is 5.56 Å². The molecule has 3 heterocycles. The maximum absolute atomic E-state index is 16.0. The maximum Gasteiger partial charge on any atom is 0.274 e. The van der Waals surface area contributed by atoms with Crippen LogP contribution < -0.4 is 5.56 Å². The minimum atomic E-state index is -3.40. The van der Waals surface area contributed by atoms with Crippen LogP contribution in [0.1, 0.15) is 40.8 Å². The van der Waals surface area contributed by atoms with E-state index in [9.17, 15) is 9.00 Å². The fourth-order valence-electron chi connectivity index (χ4n) is 4.76. The van der Waals surface area contributed by atoms with Crippen LogP contribution in [0.2, 0.25) is 5.02 Å². The average Bonchev–Trinajstić information content (AvgIpc) is 3.64. The van der Waals surface area contributed by atoms with Crippen LogP contribution in [-0.4, -0.2) is 25.0 Å². The summed E-state index contributed by atoms with van der Waals surface area (Å²) in [5.41, 5.74) is 1.16. The maximum atomic E-state index is 16.0. The highest BCUT2D eigenvalue weighted by Gasteiger charge is 2.42. The summed E-state index contributed by atoms with van der Waals surface area (Å²) in [5.74, 6) is -1.72. The number of aromatic nitrogens is 3. The molecule has 1 aliphatic rings. The topological polar surface area (TPSA) is 88.7 Å². The van der Waals surface area contributed by atoms with Gasteiger partial charge in [0.1, 0.15) is 16.5 Å². The number of aryl methyl sites for hydroxylation is 2.